The SMILES string of the molecule is CCc1cc(C(n2cc(Cl)cn2)(C(F)(F)F)C(F)(F)C(F)(F)F)ccc1NC. The molecule has 156 valence electrons. The Morgan fingerprint density at radius 2 is 1.64 bits per heavy atom. The van der Waals surface area contributed by atoms with E-state index in [1.165, 1.54) is 14.0 Å². The molecular formula is C16H14ClF8N3. The number of nitrogens with one attached hydrogen (secondary N) is 1. The van der Waals surface area contributed by atoms with Crippen LogP contribution < -0.4 is 5.32 Å². The van der Waals surface area contributed by atoms with Crippen LogP contribution in [0, 0.1) is 0 Å². The number of aromatic nitrogens is 2. The molecule has 0 radical (unpaired) electrons. The Labute approximate surface area is 159 Å². The van der Waals surface area contributed by atoms with Crippen molar-refractivity contribution in [3.8, 4) is 0 Å². The van der Waals surface area contributed by atoms with E-state index in [4.69, 9.17) is 11.6 Å². The highest BCUT2D eigenvalue weighted by molar-refractivity contribution is 6.30. The molecular weight excluding hydrogens is 422 g/mol. The van der Waals surface area contributed by atoms with Crippen molar-refractivity contribution in [3.05, 3.63) is 46.7 Å². The second kappa shape index (κ2) is 7.09. The minimum Gasteiger partial charge on any atom is -0.388 e. The van der Waals surface area contributed by atoms with Gasteiger partial charge in [-0.15, -0.1) is 0 Å². The predicted octanol–water partition coefficient (Wildman–Crippen LogP) is 5.64. The summed E-state index contributed by atoms with van der Waals surface area (Å²) in [4.78, 5) is 0. The molecule has 0 fully saturated rings. The van der Waals surface area contributed by atoms with Crippen LogP contribution in [-0.4, -0.2) is 35.1 Å². The Kier molecular flexibility index (Phi) is 5.63. The molecule has 1 heterocycles. The highest BCUT2D eigenvalue weighted by Gasteiger charge is 2.82. The zero-order valence-corrected chi connectivity index (χ0v) is 15.1. The Hall–Kier alpha value is -2.04. The van der Waals surface area contributed by atoms with Crippen molar-refractivity contribution in [3.63, 3.8) is 0 Å². The lowest BCUT2D eigenvalue weighted by Gasteiger charge is -2.42. The molecule has 0 amide bonds. The van der Waals surface area contributed by atoms with Gasteiger partial charge >= 0.3 is 18.3 Å². The van der Waals surface area contributed by atoms with Crippen molar-refractivity contribution in [1.82, 2.24) is 9.78 Å². The number of halogens is 9. The van der Waals surface area contributed by atoms with Gasteiger partial charge in [-0.2, -0.15) is 40.2 Å². The van der Waals surface area contributed by atoms with Gasteiger partial charge in [-0.3, -0.25) is 0 Å². The van der Waals surface area contributed by atoms with Crippen LogP contribution in [0.5, 0.6) is 0 Å². The van der Waals surface area contributed by atoms with Gasteiger partial charge in [0.25, 0.3) is 5.54 Å². The normalized spacial score (nSPS) is 15.4. The van der Waals surface area contributed by atoms with Crippen LogP contribution in [0.3, 0.4) is 0 Å². The highest BCUT2D eigenvalue weighted by atomic mass is 35.5. The van der Waals surface area contributed by atoms with E-state index in [1.807, 2.05) is 0 Å². The summed E-state index contributed by atoms with van der Waals surface area (Å²) < 4.78 is 111. The fraction of sp³-hybridized carbons (Fsp3) is 0.438. The molecule has 0 saturated heterocycles. The number of benzene rings is 1. The molecule has 12 heteroatoms. The maximum Gasteiger partial charge on any atom is 0.456 e. The van der Waals surface area contributed by atoms with Gasteiger partial charge in [0.15, 0.2) is 0 Å². The van der Waals surface area contributed by atoms with Crippen molar-refractivity contribution in [2.45, 2.75) is 37.2 Å². The molecule has 0 spiro atoms. The van der Waals surface area contributed by atoms with E-state index >= 15 is 0 Å². The molecule has 1 unspecified atom stereocenters. The number of hydrogen-bond donors (Lipinski definition) is 1. The third kappa shape index (κ3) is 3.19. The number of alkyl halides is 8. The average molecular weight is 436 g/mol. The first kappa shape index (κ1) is 22.3. The van der Waals surface area contributed by atoms with E-state index in [1.54, 1.807) is 0 Å². The minimum absolute atomic E-state index is 0.0788. The van der Waals surface area contributed by atoms with Crippen LogP contribution >= 0.6 is 11.6 Å². The van der Waals surface area contributed by atoms with E-state index in [9.17, 15) is 35.1 Å². The molecule has 3 nitrogen and oxygen atoms in total. The topological polar surface area (TPSA) is 29.9 Å². The Morgan fingerprint density at radius 1 is 1.04 bits per heavy atom. The van der Waals surface area contributed by atoms with Gasteiger partial charge in [-0.05, 0) is 23.6 Å². The van der Waals surface area contributed by atoms with Gasteiger partial charge in [0.1, 0.15) is 0 Å². The van der Waals surface area contributed by atoms with E-state index in [0.717, 1.165) is 6.07 Å². The summed E-state index contributed by atoms with van der Waals surface area (Å²) in [5.41, 5.74) is -5.78. The van der Waals surface area contributed by atoms with Gasteiger partial charge < -0.3 is 5.32 Å². The number of nitrogens with zero attached hydrogens (tertiary/aromatic N) is 2. The van der Waals surface area contributed by atoms with Crippen LogP contribution in [0.2, 0.25) is 5.02 Å². The molecule has 2 aromatic rings. The molecule has 2 rings (SSSR count). The zero-order valence-electron chi connectivity index (χ0n) is 14.4. The van der Waals surface area contributed by atoms with Crippen LogP contribution in [0.25, 0.3) is 0 Å². The van der Waals surface area contributed by atoms with Crippen molar-refractivity contribution < 1.29 is 35.1 Å². The van der Waals surface area contributed by atoms with E-state index in [-0.39, 0.29) is 23.9 Å². The third-order valence-corrected chi connectivity index (χ3v) is 4.48. The Morgan fingerprint density at radius 3 is 2.04 bits per heavy atom. The second-order valence-corrected chi connectivity index (χ2v) is 6.30. The minimum atomic E-state index is -6.53. The highest BCUT2D eigenvalue weighted by Crippen LogP contribution is 2.58. The van der Waals surface area contributed by atoms with Gasteiger partial charge in [0.2, 0.25) is 0 Å². The molecule has 1 N–H and O–H groups in total. The first-order valence-electron chi connectivity index (χ1n) is 7.77. The smallest absolute Gasteiger partial charge is 0.388 e. The number of aryl methyl sites for hydroxylation is 1. The standard InChI is InChI=1S/C16H14ClF8N3/c1-3-9-6-10(4-5-12(9)26-2)13(15(20,21)22,14(18,19)16(23,24)25)28-8-11(17)7-27-28/h4-8,26H,3H2,1-2H3. The molecule has 0 aliphatic rings. The number of hydrogen-bond acceptors (Lipinski definition) is 2. The zero-order chi connectivity index (χ0) is 21.5. The Bertz CT molecular complexity index is 843. The lowest BCUT2D eigenvalue weighted by Crippen LogP contribution is -2.66. The van der Waals surface area contributed by atoms with Crippen LogP contribution in [0.1, 0.15) is 18.1 Å². The molecule has 0 bridgehead atoms. The number of rotatable bonds is 5. The summed E-state index contributed by atoms with van der Waals surface area (Å²) in [5.74, 6) is -6.26. The average Bonchev–Trinajstić information content (AvgIpc) is 2.99. The van der Waals surface area contributed by atoms with Gasteiger partial charge in [-0.1, -0.05) is 30.7 Å². The number of anilines is 1. The molecule has 28 heavy (non-hydrogen) atoms. The van der Waals surface area contributed by atoms with Crippen molar-refractivity contribution in [2.75, 3.05) is 12.4 Å². The summed E-state index contributed by atoms with van der Waals surface area (Å²) in [5, 5.41) is 5.19. The lowest BCUT2D eigenvalue weighted by atomic mass is 9.81. The molecule has 0 aliphatic carbocycles. The third-order valence-electron chi connectivity index (χ3n) is 4.29. The first-order chi connectivity index (χ1) is 12.7. The van der Waals surface area contributed by atoms with Gasteiger partial charge in [-0.25, -0.2) is 4.68 Å². The summed E-state index contributed by atoms with van der Waals surface area (Å²) >= 11 is 5.49. The maximum absolute atomic E-state index is 14.6. The monoisotopic (exact) mass is 435 g/mol. The summed E-state index contributed by atoms with van der Waals surface area (Å²) in [6, 6.07) is 2.23. The Balaban J connectivity index is 3.02. The molecule has 0 saturated carbocycles. The first-order valence-corrected chi connectivity index (χ1v) is 8.14. The van der Waals surface area contributed by atoms with Crippen LogP contribution in [0.15, 0.2) is 30.6 Å². The van der Waals surface area contributed by atoms with E-state index in [0.29, 0.717) is 18.3 Å². The lowest BCUT2D eigenvalue weighted by molar-refractivity contribution is -0.366. The van der Waals surface area contributed by atoms with Crippen molar-refractivity contribution in [1.29, 1.82) is 0 Å². The summed E-state index contributed by atoms with van der Waals surface area (Å²) in [6.45, 7) is 1.52. The fourth-order valence-corrected chi connectivity index (χ4v) is 3.11. The fourth-order valence-electron chi connectivity index (χ4n) is 2.97. The largest absolute Gasteiger partial charge is 0.456 e. The molecule has 1 aromatic heterocycles. The molecule has 1 atom stereocenters. The molecule has 1 aromatic carbocycles. The van der Waals surface area contributed by atoms with E-state index in [2.05, 4.69) is 10.4 Å². The predicted molar refractivity (Wildman–Crippen MR) is 86.7 cm³/mol. The van der Waals surface area contributed by atoms with Gasteiger partial charge in [0, 0.05) is 18.9 Å². The van der Waals surface area contributed by atoms with Crippen LogP contribution in [0.4, 0.5) is 40.8 Å². The van der Waals surface area contributed by atoms with Crippen molar-refractivity contribution >= 4 is 17.3 Å². The van der Waals surface area contributed by atoms with E-state index < -0.39 is 39.1 Å². The molecule has 0 aliphatic heterocycles. The van der Waals surface area contributed by atoms with Crippen LogP contribution in [-0.2, 0) is 12.0 Å². The maximum atomic E-state index is 14.6. The summed E-state index contributed by atoms with van der Waals surface area (Å²) in [6.07, 6.45) is -11.7. The quantitative estimate of drug-likeness (QED) is 0.616. The van der Waals surface area contributed by atoms with Gasteiger partial charge in [0.05, 0.1) is 11.2 Å². The summed E-state index contributed by atoms with van der Waals surface area (Å²) in [7, 11) is 1.43. The second-order valence-electron chi connectivity index (χ2n) is 5.86. The van der Waals surface area contributed by atoms with Crippen molar-refractivity contribution in [2.24, 2.45) is 0 Å².